The van der Waals surface area contributed by atoms with Crippen LogP contribution >= 0.6 is 0 Å². The van der Waals surface area contributed by atoms with Gasteiger partial charge in [-0.1, -0.05) is 0 Å². The van der Waals surface area contributed by atoms with E-state index in [0.717, 1.165) is 6.42 Å². The molecule has 1 saturated heterocycles. The Balaban J connectivity index is 2.53. The molecule has 0 amide bonds. The topological polar surface area (TPSA) is 76.0 Å². The number of hydrogen-bond donors (Lipinski definition) is 2. The van der Waals surface area contributed by atoms with Crippen molar-refractivity contribution in [3.8, 4) is 0 Å². The molecule has 0 radical (unpaired) electrons. The van der Waals surface area contributed by atoms with E-state index >= 15 is 0 Å². The Kier molecular flexibility index (Phi) is 5.18. The number of rotatable bonds is 6. The van der Waals surface area contributed by atoms with Crippen molar-refractivity contribution >= 4 is 5.97 Å². The summed E-state index contributed by atoms with van der Waals surface area (Å²) >= 11 is 0. The summed E-state index contributed by atoms with van der Waals surface area (Å²) in [5.74, 6) is -0.886. The van der Waals surface area contributed by atoms with Gasteiger partial charge in [-0.2, -0.15) is 0 Å². The van der Waals surface area contributed by atoms with Crippen LogP contribution in [-0.2, 0) is 14.3 Å². The van der Waals surface area contributed by atoms with Gasteiger partial charge in [-0.3, -0.25) is 4.79 Å². The average molecular weight is 232 g/mol. The molecule has 0 aliphatic carbocycles. The first-order valence-electron chi connectivity index (χ1n) is 5.67. The van der Waals surface area contributed by atoms with E-state index < -0.39 is 17.5 Å². The molecule has 5 nitrogen and oxygen atoms in total. The number of hydrogen-bond acceptors (Lipinski definition) is 4. The summed E-state index contributed by atoms with van der Waals surface area (Å²) in [6, 6.07) is 0. The van der Waals surface area contributed by atoms with Crippen molar-refractivity contribution < 1.29 is 24.5 Å². The van der Waals surface area contributed by atoms with Crippen molar-refractivity contribution in [2.24, 2.45) is 5.41 Å². The van der Waals surface area contributed by atoms with Crippen LogP contribution in [0.1, 0.15) is 26.2 Å². The van der Waals surface area contributed by atoms with E-state index in [-0.39, 0.29) is 19.6 Å². The molecular formula is C11H20O5. The number of carbonyl (C=O) groups is 1. The monoisotopic (exact) mass is 232 g/mol. The number of ether oxygens (including phenoxy) is 2. The highest BCUT2D eigenvalue weighted by Gasteiger charge is 2.42. The normalized spacial score (nSPS) is 27.6. The van der Waals surface area contributed by atoms with Crippen LogP contribution in [0.5, 0.6) is 0 Å². The third kappa shape index (κ3) is 3.43. The molecule has 1 fully saturated rings. The van der Waals surface area contributed by atoms with Gasteiger partial charge in [0, 0.05) is 13.2 Å². The van der Waals surface area contributed by atoms with Gasteiger partial charge in [-0.25, -0.2) is 0 Å². The van der Waals surface area contributed by atoms with E-state index in [4.69, 9.17) is 9.47 Å². The lowest BCUT2D eigenvalue weighted by Crippen LogP contribution is -2.42. The molecule has 0 saturated carbocycles. The van der Waals surface area contributed by atoms with Gasteiger partial charge in [0.05, 0.1) is 24.7 Å². The molecule has 1 rings (SSSR count). The van der Waals surface area contributed by atoms with Gasteiger partial charge < -0.3 is 19.7 Å². The van der Waals surface area contributed by atoms with Gasteiger partial charge in [-0.05, 0) is 26.2 Å². The van der Waals surface area contributed by atoms with Gasteiger partial charge >= 0.3 is 5.97 Å². The molecule has 0 aromatic rings. The highest BCUT2D eigenvalue weighted by molar-refractivity contribution is 5.75. The lowest BCUT2D eigenvalue weighted by Gasteiger charge is -2.34. The maximum atomic E-state index is 11.3. The second-order valence-electron chi connectivity index (χ2n) is 4.26. The molecule has 0 aromatic carbocycles. The molecular weight excluding hydrogens is 212 g/mol. The Morgan fingerprint density at radius 3 is 2.88 bits per heavy atom. The number of aliphatic hydroxyl groups is 1. The minimum absolute atomic E-state index is 0.186. The van der Waals surface area contributed by atoms with Crippen LogP contribution in [0.2, 0.25) is 0 Å². The van der Waals surface area contributed by atoms with Crippen LogP contribution in [-0.4, -0.2) is 48.7 Å². The molecule has 0 spiro atoms. The molecule has 1 aliphatic rings. The average Bonchev–Trinajstić information content (AvgIpc) is 2.27. The summed E-state index contributed by atoms with van der Waals surface area (Å²) in [4.78, 5) is 11.3. The molecule has 1 aliphatic heterocycles. The van der Waals surface area contributed by atoms with Gasteiger partial charge in [0.1, 0.15) is 0 Å². The summed E-state index contributed by atoms with van der Waals surface area (Å²) in [6.07, 6.45) is 0.749. The largest absolute Gasteiger partial charge is 0.481 e. The number of carboxylic acids is 1. The number of aliphatic carboxylic acids is 1. The predicted molar refractivity (Wildman–Crippen MR) is 57.2 cm³/mol. The number of aliphatic hydroxyl groups excluding tert-OH is 1. The molecule has 16 heavy (non-hydrogen) atoms. The van der Waals surface area contributed by atoms with Crippen molar-refractivity contribution in [1.29, 1.82) is 0 Å². The van der Waals surface area contributed by atoms with Gasteiger partial charge in [0.2, 0.25) is 0 Å². The molecule has 5 heteroatoms. The zero-order valence-electron chi connectivity index (χ0n) is 9.65. The van der Waals surface area contributed by atoms with Crippen LogP contribution < -0.4 is 0 Å². The molecule has 2 unspecified atom stereocenters. The van der Waals surface area contributed by atoms with Crippen molar-refractivity contribution in [1.82, 2.24) is 0 Å². The van der Waals surface area contributed by atoms with Gasteiger partial charge in [0.25, 0.3) is 0 Å². The van der Waals surface area contributed by atoms with Crippen LogP contribution in [0, 0.1) is 5.41 Å². The van der Waals surface area contributed by atoms with Crippen LogP contribution in [0.25, 0.3) is 0 Å². The fourth-order valence-corrected chi connectivity index (χ4v) is 2.03. The van der Waals surface area contributed by atoms with Crippen LogP contribution in [0.4, 0.5) is 0 Å². The minimum atomic E-state index is -0.936. The molecule has 2 N–H and O–H groups in total. The Morgan fingerprint density at radius 1 is 1.62 bits per heavy atom. The SMILES string of the molecule is CCOCC(O)CC1(C(=O)O)CCCOC1. The first kappa shape index (κ1) is 13.4. The maximum absolute atomic E-state index is 11.3. The first-order valence-corrected chi connectivity index (χ1v) is 5.67. The summed E-state index contributed by atoms with van der Waals surface area (Å²) in [5.41, 5.74) is -0.936. The zero-order chi connectivity index (χ0) is 12.0. The lowest BCUT2D eigenvalue weighted by molar-refractivity contribution is -0.161. The second-order valence-corrected chi connectivity index (χ2v) is 4.26. The molecule has 0 bridgehead atoms. The van der Waals surface area contributed by atoms with E-state index in [1.165, 1.54) is 0 Å². The Morgan fingerprint density at radius 2 is 2.38 bits per heavy atom. The van der Waals surface area contributed by atoms with Gasteiger partial charge in [-0.15, -0.1) is 0 Å². The van der Waals surface area contributed by atoms with Crippen molar-refractivity contribution in [2.45, 2.75) is 32.3 Å². The van der Waals surface area contributed by atoms with Crippen molar-refractivity contribution in [3.63, 3.8) is 0 Å². The Hall–Kier alpha value is -0.650. The Labute approximate surface area is 95.4 Å². The summed E-state index contributed by atoms with van der Waals surface area (Å²) in [7, 11) is 0. The van der Waals surface area contributed by atoms with E-state index in [9.17, 15) is 15.0 Å². The van der Waals surface area contributed by atoms with E-state index in [1.807, 2.05) is 6.92 Å². The highest BCUT2D eigenvalue weighted by atomic mass is 16.5. The summed E-state index contributed by atoms with van der Waals surface area (Å²) in [6.45, 7) is 3.34. The zero-order valence-corrected chi connectivity index (χ0v) is 9.65. The van der Waals surface area contributed by atoms with E-state index in [1.54, 1.807) is 0 Å². The smallest absolute Gasteiger partial charge is 0.312 e. The second kappa shape index (κ2) is 6.18. The third-order valence-corrected chi connectivity index (χ3v) is 2.92. The maximum Gasteiger partial charge on any atom is 0.312 e. The van der Waals surface area contributed by atoms with E-state index in [2.05, 4.69) is 0 Å². The molecule has 2 atom stereocenters. The standard InChI is InChI=1S/C11H20O5/c1-2-15-7-9(12)6-11(10(13)14)4-3-5-16-8-11/h9,12H,2-8H2,1H3,(H,13,14). The summed E-state index contributed by atoms with van der Waals surface area (Å²) in [5, 5.41) is 18.9. The molecule has 0 aromatic heterocycles. The molecule has 1 heterocycles. The minimum Gasteiger partial charge on any atom is -0.481 e. The fourth-order valence-electron chi connectivity index (χ4n) is 2.03. The molecule has 94 valence electrons. The summed E-state index contributed by atoms with van der Waals surface area (Å²) < 4.78 is 10.3. The predicted octanol–water partition coefficient (Wildman–Crippen LogP) is 0.655. The van der Waals surface area contributed by atoms with Crippen LogP contribution in [0.3, 0.4) is 0 Å². The first-order chi connectivity index (χ1) is 7.60. The Bertz CT molecular complexity index is 222. The van der Waals surface area contributed by atoms with E-state index in [0.29, 0.717) is 19.6 Å². The number of carboxylic acid groups (broad SMARTS) is 1. The lowest BCUT2D eigenvalue weighted by atomic mass is 9.78. The van der Waals surface area contributed by atoms with Gasteiger partial charge in [0.15, 0.2) is 0 Å². The fraction of sp³-hybridized carbons (Fsp3) is 0.909. The van der Waals surface area contributed by atoms with Crippen LogP contribution in [0.15, 0.2) is 0 Å². The third-order valence-electron chi connectivity index (χ3n) is 2.92. The van der Waals surface area contributed by atoms with Crippen molar-refractivity contribution in [2.75, 3.05) is 26.4 Å². The quantitative estimate of drug-likeness (QED) is 0.703. The van der Waals surface area contributed by atoms with Crippen molar-refractivity contribution in [3.05, 3.63) is 0 Å². The highest BCUT2D eigenvalue weighted by Crippen LogP contribution is 2.33.